The van der Waals surface area contributed by atoms with E-state index in [1.54, 1.807) is 0 Å². The molecule has 1 aliphatic heterocycles. The third-order valence-electron chi connectivity index (χ3n) is 3.62. The Bertz CT molecular complexity index is 623. The Balaban J connectivity index is 1.59. The maximum Gasteiger partial charge on any atom is 0.224 e. The van der Waals surface area contributed by atoms with Crippen LogP contribution in [0.1, 0.15) is 17.7 Å². The Morgan fingerprint density at radius 1 is 1.40 bits per heavy atom. The Hall–Kier alpha value is -1.81. The van der Waals surface area contributed by atoms with Crippen LogP contribution in [-0.4, -0.2) is 21.7 Å². The molecule has 5 heteroatoms. The summed E-state index contributed by atoms with van der Waals surface area (Å²) in [6, 6.07) is 9.65. The molecule has 1 aromatic heterocycles. The van der Waals surface area contributed by atoms with Gasteiger partial charge in [0, 0.05) is 35.9 Å². The standard InChI is InChI=1S/C15H16ClN3O/c16-14-4-2-1-3-11(14)9-15(20)18-12-6-8-19-13(10-12)5-7-17-19/h1-5,7,12H,6,8-10H2,(H,18,20)/t12-/m0/s1. The summed E-state index contributed by atoms with van der Waals surface area (Å²) in [5, 5.41) is 7.97. The third kappa shape index (κ3) is 2.85. The molecule has 0 unspecified atom stereocenters. The highest BCUT2D eigenvalue weighted by molar-refractivity contribution is 6.31. The zero-order chi connectivity index (χ0) is 13.9. The molecule has 0 spiro atoms. The topological polar surface area (TPSA) is 46.9 Å². The monoisotopic (exact) mass is 289 g/mol. The molecule has 0 aliphatic carbocycles. The second-order valence-corrected chi connectivity index (χ2v) is 5.48. The number of hydrogen-bond acceptors (Lipinski definition) is 2. The number of nitrogens with zero attached hydrogens (tertiary/aromatic N) is 2. The first kappa shape index (κ1) is 13.2. The van der Waals surface area contributed by atoms with E-state index in [1.807, 2.05) is 41.2 Å². The molecule has 1 N–H and O–H groups in total. The van der Waals surface area contributed by atoms with Crippen LogP contribution < -0.4 is 5.32 Å². The number of halogens is 1. The lowest BCUT2D eigenvalue weighted by Crippen LogP contribution is -2.40. The lowest BCUT2D eigenvalue weighted by atomic mass is 10.0. The molecule has 0 saturated carbocycles. The molecule has 20 heavy (non-hydrogen) atoms. The molecule has 4 nitrogen and oxygen atoms in total. The predicted octanol–water partition coefficient (Wildman–Crippen LogP) is 2.21. The van der Waals surface area contributed by atoms with Crippen LogP contribution in [-0.2, 0) is 24.2 Å². The highest BCUT2D eigenvalue weighted by Crippen LogP contribution is 2.17. The molecule has 2 aromatic rings. The first-order valence-corrected chi connectivity index (χ1v) is 7.13. The fourth-order valence-corrected chi connectivity index (χ4v) is 2.79. The van der Waals surface area contributed by atoms with Crippen LogP contribution in [0.15, 0.2) is 36.5 Å². The Morgan fingerprint density at radius 2 is 2.25 bits per heavy atom. The summed E-state index contributed by atoms with van der Waals surface area (Å²) in [6.07, 6.45) is 3.90. The lowest BCUT2D eigenvalue weighted by molar-refractivity contribution is -0.121. The summed E-state index contributed by atoms with van der Waals surface area (Å²) in [5.74, 6) is 0.0241. The van der Waals surface area contributed by atoms with Crippen molar-refractivity contribution in [2.75, 3.05) is 0 Å². The first-order valence-electron chi connectivity index (χ1n) is 6.76. The number of hydrogen-bond donors (Lipinski definition) is 1. The molecule has 0 radical (unpaired) electrons. The van der Waals surface area contributed by atoms with Gasteiger partial charge in [-0.3, -0.25) is 9.48 Å². The zero-order valence-corrected chi connectivity index (χ0v) is 11.8. The van der Waals surface area contributed by atoms with Crippen LogP contribution in [0.5, 0.6) is 0 Å². The first-order chi connectivity index (χ1) is 9.72. The lowest BCUT2D eigenvalue weighted by Gasteiger charge is -2.24. The number of benzene rings is 1. The maximum absolute atomic E-state index is 12.1. The Kier molecular flexibility index (Phi) is 3.74. The van der Waals surface area contributed by atoms with E-state index in [0.717, 1.165) is 24.9 Å². The molecular formula is C15H16ClN3O. The molecular weight excluding hydrogens is 274 g/mol. The minimum absolute atomic E-state index is 0.0241. The summed E-state index contributed by atoms with van der Waals surface area (Å²) in [6.45, 7) is 0.860. The fourth-order valence-electron chi connectivity index (χ4n) is 2.58. The average molecular weight is 290 g/mol. The third-order valence-corrected chi connectivity index (χ3v) is 3.99. The quantitative estimate of drug-likeness (QED) is 0.942. The number of amides is 1. The van der Waals surface area contributed by atoms with Gasteiger partial charge in [0.2, 0.25) is 5.91 Å². The van der Waals surface area contributed by atoms with E-state index in [-0.39, 0.29) is 11.9 Å². The van der Waals surface area contributed by atoms with E-state index in [1.165, 1.54) is 5.69 Å². The van der Waals surface area contributed by atoms with Gasteiger partial charge < -0.3 is 5.32 Å². The summed E-state index contributed by atoms with van der Waals surface area (Å²) >= 11 is 6.07. The van der Waals surface area contributed by atoms with Gasteiger partial charge in [-0.2, -0.15) is 5.10 Å². The Morgan fingerprint density at radius 3 is 3.10 bits per heavy atom. The normalized spacial score (nSPS) is 17.6. The zero-order valence-electron chi connectivity index (χ0n) is 11.1. The molecule has 0 bridgehead atoms. The number of carbonyl (C=O) groups is 1. The molecule has 1 atom stereocenters. The molecule has 1 amide bonds. The van der Waals surface area contributed by atoms with E-state index >= 15 is 0 Å². The molecule has 3 rings (SSSR count). The van der Waals surface area contributed by atoms with Gasteiger partial charge in [-0.15, -0.1) is 0 Å². The van der Waals surface area contributed by atoms with E-state index in [2.05, 4.69) is 10.4 Å². The number of carbonyl (C=O) groups excluding carboxylic acids is 1. The average Bonchev–Trinajstić information content (AvgIpc) is 2.89. The van der Waals surface area contributed by atoms with Crippen LogP contribution in [0.4, 0.5) is 0 Å². The summed E-state index contributed by atoms with van der Waals surface area (Å²) in [4.78, 5) is 12.1. The van der Waals surface area contributed by atoms with Crippen molar-refractivity contribution in [3.8, 4) is 0 Å². The van der Waals surface area contributed by atoms with Crippen molar-refractivity contribution in [3.63, 3.8) is 0 Å². The molecule has 1 aromatic carbocycles. The Labute approximate surface area is 122 Å². The second kappa shape index (κ2) is 5.67. The van der Waals surface area contributed by atoms with Crippen molar-refractivity contribution in [1.29, 1.82) is 0 Å². The van der Waals surface area contributed by atoms with Crippen LogP contribution in [0.25, 0.3) is 0 Å². The minimum Gasteiger partial charge on any atom is -0.353 e. The number of nitrogens with one attached hydrogen (secondary N) is 1. The van der Waals surface area contributed by atoms with Gasteiger partial charge >= 0.3 is 0 Å². The van der Waals surface area contributed by atoms with Gasteiger partial charge in [0.05, 0.1) is 6.42 Å². The number of fused-ring (bicyclic) bond motifs is 1. The molecule has 104 valence electrons. The number of rotatable bonds is 3. The van der Waals surface area contributed by atoms with Crippen molar-refractivity contribution in [3.05, 3.63) is 52.8 Å². The molecule has 2 heterocycles. The van der Waals surface area contributed by atoms with Crippen LogP contribution in [0.2, 0.25) is 5.02 Å². The van der Waals surface area contributed by atoms with Gasteiger partial charge in [0.1, 0.15) is 0 Å². The molecule has 0 saturated heterocycles. The van der Waals surface area contributed by atoms with E-state index < -0.39 is 0 Å². The molecule has 0 fully saturated rings. The van der Waals surface area contributed by atoms with Crippen molar-refractivity contribution < 1.29 is 4.79 Å². The number of aryl methyl sites for hydroxylation is 1. The van der Waals surface area contributed by atoms with Gasteiger partial charge in [-0.05, 0) is 24.1 Å². The fraction of sp³-hybridized carbons (Fsp3) is 0.333. The number of aromatic nitrogens is 2. The largest absolute Gasteiger partial charge is 0.353 e. The van der Waals surface area contributed by atoms with Crippen LogP contribution in [0.3, 0.4) is 0 Å². The van der Waals surface area contributed by atoms with Crippen LogP contribution >= 0.6 is 11.6 Å². The van der Waals surface area contributed by atoms with Gasteiger partial charge in [-0.1, -0.05) is 29.8 Å². The van der Waals surface area contributed by atoms with E-state index in [9.17, 15) is 4.79 Å². The summed E-state index contributed by atoms with van der Waals surface area (Å²) in [7, 11) is 0. The predicted molar refractivity (Wildman–Crippen MR) is 77.6 cm³/mol. The van der Waals surface area contributed by atoms with Crippen molar-refractivity contribution in [2.24, 2.45) is 0 Å². The van der Waals surface area contributed by atoms with Crippen LogP contribution in [0, 0.1) is 0 Å². The van der Waals surface area contributed by atoms with Crippen molar-refractivity contribution >= 4 is 17.5 Å². The van der Waals surface area contributed by atoms with Crippen molar-refractivity contribution in [1.82, 2.24) is 15.1 Å². The summed E-state index contributed by atoms with van der Waals surface area (Å²) < 4.78 is 2.00. The minimum atomic E-state index is 0.0241. The smallest absolute Gasteiger partial charge is 0.224 e. The van der Waals surface area contributed by atoms with E-state index in [4.69, 9.17) is 11.6 Å². The molecule has 1 aliphatic rings. The van der Waals surface area contributed by atoms with E-state index in [0.29, 0.717) is 11.4 Å². The summed E-state index contributed by atoms with van der Waals surface area (Å²) in [5.41, 5.74) is 2.05. The highest BCUT2D eigenvalue weighted by atomic mass is 35.5. The van der Waals surface area contributed by atoms with Gasteiger partial charge in [0.15, 0.2) is 0 Å². The van der Waals surface area contributed by atoms with Gasteiger partial charge in [-0.25, -0.2) is 0 Å². The van der Waals surface area contributed by atoms with Crippen molar-refractivity contribution in [2.45, 2.75) is 31.8 Å². The van der Waals surface area contributed by atoms with Gasteiger partial charge in [0.25, 0.3) is 0 Å². The SMILES string of the molecule is O=C(Cc1ccccc1Cl)N[C@H]1CCn2nccc2C1. The second-order valence-electron chi connectivity index (χ2n) is 5.07. The highest BCUT2D eigenvalue weighted by Gasteiger charge is 2.20. The maximum atomic E-state index is 12.1.